The first-order valence-electron chi connectivity index (χ1n) is 7.46. The number of ether oxygens (including phenoxy) is 2. The van der Waals surface area contributed by atoms with Gasteiger partial charge in [0.05, 0.1) is 12.1 Å². The first-order chi connectivity index (χ1) is 12.0. The van der Waals surface area contributed by atoms with Crippen molar-refractivity contribution < 1.29 is 19.1 Å². The van der Waals surface area contributed by atoms with E-state index in [1.54, 1.807) is 12.1 Å². The third-order valence-electron chi connectivity index (χ3n) is 3.36. The number of methoxy groups -OCH3 is 1. The summed E-state index contributed by atoms with van der Waals surface area (Å²) in [5, 5.41) is 0.781. The molecule has 0 N–H and O–H groups in total. The Kier molecular flexibility index (Phi) is 7.10. The number of rotatable bonds is 7. The second kappa shape index (κ2) is 9.30. The van der Waals surface area contributed by atoms with Crippen molar-refractivity contribution in [2.24, 2.45) is 0 Å². The molecule has 0 atom stereocenters. The summed E-state index contributed by atoms with van der Waals surface area (Å²) in [4.78, 5) is 25.4. The molecule has 0 aromatic heterocycles. The largest absolute Gasteiger partial charge is 0.482 e. The van der Waals surface area contributed by atoms with E-state index in [0.29, 0.717) is 15.8 Å². The molecule has 2 rings (SSSR count). The summed E-state index contributed by atoms with van der Waals surface area (Å²) in [5.41, 5.74) is 0.893. The molecule has 25 heavy (non-hydrogen) atoms. The van der Waals surface area contributed by atoms with E-state index in [1.807, 2.05) is 30.3 Å². The summed E-state index contributed by atoms with van der Waals surface area (Å²) >= 11 is 11.8. The molecule has 0 fully saturated rings. The molecule has 0 radical (unpaired) electrons. The van der Waals surface area contributed by atoms with Gasteiger partial charge in [-0.2, -0.15) is 0 Å². The van der Waals surface area contributed by atoms with Gasteiger partial charge in [-0.15, -0.1) is 0 Å². The van der Waals surface area contributed by atoms with Crippen LogP contribution in [0.2, 0.25) is 10.0 Å². The standard InChI is InChI=1S/C18H17Cl2NO4/c1-24-18(23)11-21(10-13-5-3-2-4-6-13)17(22)12-25-16-8-7-14(19)9-15(16)20/h2-9H,10-12H2,1H3. The van der Waals surface area contributed by atoms with Gasteiger partial charge in [0.2, 0.25) is 0 Å². The van der Waals surface area contributed by atoms with Crippen molar-refractivity contribution in [1.82, 2.24) is 4.90 Å². The second-order valence-corrected chi connectivity index (χ2v) is 6.02. The van der Waals surface area contributed by atoms with Crippen LogP contribution in [-0.2, 0) is 20.9 Å². The smallest absolute Gasteiger partial charge is 0.325 e. The zero-order valence-corrected chi connectivity index (χ0v) is 15.1. The summed E-state index contributed by atoms with van der Waals surface area (Å²) in [6, 6.07) is 14.1. The average Bonchev–Trinajstić information content (AvgIpc) is 2.61. The molecule has 0 aliphatic rings. The van der Waals surface area contributed by atoms with Crippen molar-refractivity contribution in [3.63, 3.8) is 0 Å². The van der Waals surface area contributed by atoms with Crippen LogP contribution in [0.4, 0.5) is 0 Å². The zero-order valence-electron chi connectivity index (χ0n) is 13.6. The lowest BCUT2D eigenvalue weighted by Crippen LogP contribution is -2.38. The molecule has 0 spiro atoms. The number of carbonyl (C=O) groups excluding carboxylic acids is 2. The summed E-state index contributed by atoms with van der Waals surface area (Å²) in [7, 11) is 1.28. The minimum absolute atomic E-state index is 0.165. The molecule has 0 saturated heterocycles. The molecular weight excluding hydrogens is 365 g/mol. The first-order valence-corrected chi connectivity index (χ1v) is 8.21. The molecule has 2 aromatic rings. The molecule has 7 heteroatoms. The molecule has 2 aromatic carbocycles. The van der Waals surface area contributed by atoms with Crippen molar-refractivity contribution in [1.29, 1.82) is 0 Å². The quantitative estimate of drug-likeness (QED) is 0.687. The molecule has 0 aliphatic carbocycles. The van der Waals surface area contributed by atoms with E-state index in [9.17, 15) is 9.59 Å². The fourth-order valence-corrected chi connectivity index (χ4v) is 2.54. The number of hydrogen-bond donors (Lipinski definition) is 0. The molecule has 0 saturated carbocycles. The molecule has 0 bridgehead atoms. The van der Waals surface area contributed by atoms with E-state index in [2.05, 4.69) is 4.74 Å². The van der Waals surface area contributed by atoms with Crippen LogP contribution >= 0.6 is 23.2 Å². The van der Waals surface area contributed by atoms with Crippen molar-refractivity contribution >= 4 is 35.1 Å². The van der Waals surface area contributed by atoms with Crippen LogP contribution in [-0.4, -0.2) is 37.0 Å². The van der Waals surface area contributed by atoms with Gasteiger partial charge in [-0.25, -0.2) is 0 Å². The fraction of sp³-hybridized carbons (Fsp3) is 0.222. The van der Waals surface area contributed by atoms with Gasteiger partial charge in [0.25, 0.3) is 5.91 Å². The van der Waals surface area contributed by atoms with Crippen LogP contribution in [0.1, 0.15) is 5.56 Å². The number of esters is 1. The number of benzene rings is 2. The minimum atomic E-state index is -0.506. The maximum Gasteiger partial charge on any atom is 0.325 e. The van der Waals surface area contributed by atoms with Crippen LogP contribution < -0.4 is 4.74 Å². The number of carbonyl (C=O) groups is 2. The molecule has 0 heterocycles. The van der Waals surface area contributed by atoms with Crippen molar-refractivity contribution in [3.05, 3.63) is 64.1 Å². The maximum absolute atomic E-state index is 12.5. The number of amides is 1. The highest BCUT2D eigenvalue weighted by atomic mass is 35.5. The highest BCUT2D eigenvalue weighted by Gasteiger charge is 2.19. The van der Waals surface area contributed by atoms with E-state index in [1.165, 1.54) is 18.1 Å². The van der Waals surface area contributed by atoms with Gasteiger partial charge in [-0.05, 0) is 23.8 Å². The Morgan fingerprint density at radius 2 is 1.80 bits per heavy atom. The van der Waals surface area contributed by atoms with Crippen LogP contribution in [0.25, 0.3) is 0 Å². The van der Waals surface area contributed by atoms with Gasteiger partial charge in [-0.3, -0.25) is 9.59 Å². The lowest BCUT2D eigenvalue weighted by atomic mass is 10.2. The third-order valence-corrected chi connectivity index (χ3v) is 3.89. The van der Waals surface area contributed by atoms with Gasteiger partial charge in [0.15, 0.2) is 6.61 Å². The van der Waals surface area contributed by atoms with E-state index in [-0.39, 0.29) is 25.6 Å². The Labute approximate surface area is 156 Å². The van der Waals surface area contributed by atoms with Crippen LogP contribution in [0.5, 0.6) is 5.75 Å². The molecule has 1 amide bonds. The van der Waals surface area contributed by atoms with E-state index in [0.717, 1.165) is 5.56 Å². The first kappa shape index (κ1) is 19.1. The predicted octanol–water partition coefficient (Wildman–Crippen LogP) is 3.57. The molecule has 5 nitrogen and oxygen atoms in total. The zero-order chi connectivity index (χ0) is 18.2. The Bertz CT molecular complexity index is 737. The van der Waals surface area contributed by atoms with Gasteiger partial charge >= 0.3 is 5.97 Å². The Morgan fingerprint density at radius 3 is 2.44 bits per heavy atom. The Morgan fingerprint density at radius 1 is 1.08 bits per heavy atom. The SMILES string of the molecule is COC(=O)CN(Cc1ccccc1)C(=O)COc1ccc(Cl)cc1Cl. The van der Waals surface area contributed by atoms with Gasteiger partial charge in [0, 0.05) is 11.6 Å². The maximum atomic E-state index is 12.5. The van der Waals surface area contributed by atoms with Crippen molar-refractivity contribution in [3.8, 4) is 5.75 Å². The van der Waals surface area contributed by atoms with E-state index in [4.69, 9.17) is 27.9 Å². The topological polar surface area (TPSA) is 55.8 Å². The number of halogens is 2. The van der Waals surface area contributed by atoms with Crippen LogP contribution in [0.15, 0.2) is 48.5 Å². The van der Waals surface area contributed by atoms with Gasteiger partial charge in [0.1, 0.15) is 12.3 Å². The van der Waals surface area contributed by atoms with Gasteiger partial charge < -0.3 is 14.4 Å². The Hall–Kier alpha value is -2.24. The molecule has 132 valence electrons. The number of hydrogen-bond acceptors (Lipinski definition) is 4. The van der Waals surface area contributed by atoms with Crippen LogP contribution in [0.3, 0.4) is 0 Å². The predicted molar refractivity (Wildman–Crippen MR) is 95.8 cm³/mol. The van der Waals surface area contributed by atoms with Crippen molar-refractivity contribution in [2.45, 2.75) is 6.54 Å². The molecule has 0 unspecified atom stereocenters. The van der Waals surface area contributed by atoms with Crippen LogP contribution in [0, 0.1) is 0 Å². The number of nitrogens with zero attached hydrogens (tertiary/aromatic N) is 1. The minimum Gasteiger partial charge on any atom is -0.482 e. The lowest BCUT2D eigenvalue weighted by Gasteiger charge is -2.22. The summed E-state index contributed by atoms with van der Waals surface area (Å²) in [5.74, 6) is -0.522. The average molecular weight is 382 g/mol. The van der Waals surface area contributed by atoms with E-state index >= 15 is 0 Å². The monoisotopic (exact) mass is 381 g/mol. The normalized spacial score (nSPS) is 10.2. The molecule has 0 aliphatic heterocycles. The van der Waals surface area contributed by atoms with Crippen molar-refractivity contribution in [2.75, 3.05) is 20.3 Å². The van der Waals surface area contributed by atoms with E-state index < -0.39 is 5.97 Å². The summed E-state index contributed by atoms with van der Waals surface area (Å²) in [6.07, 6.45) is 0. The van der Waals surface area contributed by atoms with Gasteiger partial charge in [-0.1, -0.05) is 53.5 Å². The third kappa shape index (κ3) is 5.96. The second-order valence-electron chi connectivity index (χ2n) is 5.17. The highest BCUT2D eigenvalue weighted by Crippen LogP contribution is 2.27. The summed E-state index contributed by atoms with van der Waals surface area (Å²) < 4.78 is 10.1. The molecular formula is C18H17Cl2NO4. The highest BCUT2D eigenvalue weighted by molar-refractivity contribution is 6.35. The fourth-order valence-electron chi connectivity index (χ4n) is 2.08. The lowest BCUT2D eigenvalue weighted by molar-refractivity contribution is -0.148. The Balaban J connectivity index is 2.04. The summed E-state index contributed by atoms with van der Waals surface area (Å²) in [6.45, 7) is -0.153.